The van der Waals surface area contributed by atoms with Gasteiger partial charge >= 0.3 is 0 Å². The van der Waals surface area contributed by atoms with Gasteiger partial charge in [-0.15, -0.1) is 11.3 Å². The van der Waals surface area contributed by atoms with E-state index < -0.39 is 0 Å². The summed E-state index contributed by atoms with van der Waals surface area (Å²) in [4.78, 5) is 4.62. The lowest BCUT2D eigenvalue weighted by Crippen LogP contribution is -1.95. The Morgan fingerprint density at radius 2 is 2.11 bits per heavy atom. The molecule has 0 saturated heterocycles. The molecule has 1 aromatic heterocycles. The number of hydrogen-bond donors (Lipinski definition) is 1. The molecule has 3 aromatic rings. The van der Waals surface area contributed by atoms with E-state index in [1.807, 2.05) is 41.8 Å². The van der Waals surface area contributed by atoms with Gasteiger partial charge < -0.3 is 14.8 Å². The lowest BCUT2D eigenvalue weighted by atomic mass is 10.1. The SMILES string of the molecule is CCc1ccccc1N/C=C(/C#N)c1nc(-c2ccc3c(c2)OCO3)cs1. The second kappa shape index (κ2) is 7.52. The first-order valence-corrected chi connectivity index (χ1v) is 9.47. The number of nitriles is 1. The highest BCUT2D eigenvalue weighted by Gasteiger charge is 2.16. The van der Waals surface area contributed by atoms with E-state index in [-0.39, 0.29) is 6.79 Å². The Balaban J connectivity index is 1.58. The Hall–Kier alpha value is -3.30. The van der Waals surface area contributed by atoms with Crippen LogP contribution < -0.4 is 14.8 Å². The van der Waals surface area contributed by atoms with Gasteiger partial charge in [-0.05, 0) is 36.2 Å². The van der Waals surface area contributed by atoms with E-state index in [0.717, 1.165) is 34.9 Å². The number of ether oxygens (including phenoxy) is 2. The van der Waals surface area contributed by atoms with Gasteiger partial charge in [0.2, 0.25) is 6.79 Å². The largest absolute Gasteiger partial charge is 0.454 e. The predicted octanol–water partition coefficient (Wildman–Crippen LogP) is 5.08. The van der Waals surface area contributed by atoms with Crippen LogP contribution in [-0.4, -0.2) is 11.8 Å². The minimum atomic E-state index is 0.243. The Morgan fingerprint density at radius 3 is 2.96 bits per heavy atom. The number of para-hydroxylation sites is 1. The summed E-state index contributed by atoms with van der Waals surface area (Å²) in [5.41, 5.74) is 4.44. The van der Waals surface area contributed by atoms with E-state index in [4.69, 9.17) is 9.47 Å². The Bertz CT molecular complexity index is 1050. The summed E-state index contributed by atoms with van der Waals surface area (Å²) in [5.74, 6) is 1.46. The van der Waals surface area contributed by atoms with Crippen molar-refractivity contribution in [2.45, 2.75) is 13.3 Å². The Morgan fingerprint density at radius 1 is 1.26 bits per heavy atom. The van der Waals surface area contributed by atoms with E-state index in [1.165, 1.54) is 16.9 Å². The monoisotopic (exact) mass is 375 g/mol. The quantitative estimate of drug-likeness (QED) is 0.630. The molecule has 0 fully saturated rings. The molecule has 5 nitrogen and oxygen atoms in total. The molecule has 2 aromatic carbocycles. The number of allylic oxidation sites excluding steroid dienone is 1. The lowest BCUT2D eigenvalue weighted by Gasteiger charge is -2.07. The molecule has 134 valence electrons. The van der Waals surface area contributed by atoms with Gasteiger partial charge in [0.15, 0.2) is 11.5 Å². The number of thiazole rings is 1. The van der Waals surface area contributed by atoms with Crippen LogP contribution >= 0.6 is 11.3 Å². The van der Waals surface area contributed by atoms with Crippen molar-refractivity contribution < 1.29 is 9.47 Å². The van der Waals surface area contributed by atoms with E-state index in [9.17, 15) is 5.26 Å². The van der Waals surface area contributed by atoms with Crippen LogP contribution in [-0.2, 0) is 6.42 Å². The van der Waals surface area contributed by atoms with Gasteiger partial charge in [0.05, 0.1) is 5.69 Å². The van der Waals surface area contributed by atoms with Gasteiger partial charge in [0, 0.05) is 22.8 Å². The Labute approximate surface area is 161 Å². The number of fused-ring (bicyclic) bond motifs is 1. The number of hydrogen-bond acceptors (Lipinski definition) is 6. The number of anilines is 1. The second-order valence-corrected chi connectivity index (χ2v) is 6.79. The number of nitrogens with one attached hydrogen (secondary N) is 1. The highest BCUT2D eigenvalue weighted by atomic mass is 32.1. The maximum absolute atomic E-state index is 9.56. The highest BCUT2D eigenvalue weighted by Crippen LogP contribution is 2.36. The van der Waals surface area contributed by atoms with Crippen LogP contribution in [0.3, 0.4) is 0 Å². The minimum absolute atomic E-state index is 0.243. The molecule has 0 bridgehead atoms. The van der Waals surface area contributed by atoms with Gasteiger partial charge in [0.25, 0.3) is 0 Å². The molecule has 27 heavy (non-hydrogen) atoms. The standard InChI is InChI=1S/C21H17N3O2S/c1-2-14-5-3-4-6-17(14)23-11-16(10-22)21-24-18(12-27-21)15-7-8-19-20(9-15)26-13-25-19/h3-9,11-12,23H,2,13H2,1H3/b16-11-. The average Bonchev–Trinajstić information content (AvgIpc) is 3.38. The first kappa shape index (κ1) is 17.1. The molecule has 1 aliphatic rings. The van der Waals surface area contributed by atoms with Crippen molar-refractivity contribution in [3.05, 3.63) is 64.6 Å². The second-order valence-electron chi connectivity index (χ2n) is 5.93. The van der Waals surface area contributed by atoms with Gasteiger partial charge in [0.1, 0.15) is 16.6 Å². The molecule has 6 heteroatoms. The van der Waals surface area contributed by atoms with E-state index >= 15 is 0 Å². The zero-order chi connectivity index (χ0) is 18.6. The van der Waals surface area contributed by atoms with Crippen molar-refractivity contribution in [2.75, 3.05) is 12.1 Å². The first-order chi connectivity index (χ1) is 13.3. The Kier molecular flexibility index (Phi) is 4.77. The van der Waals surface area contributed by atoms with Gasteiger partial charge in [-0.3, -0.25) is 0 Å². The summed E-state index contributed by atoms with van der Waals surface area (Å²) in [5, 5.41) is 15.4. The van der Waals surface area contributed by atoms with Crippen molar-refractivity contribution >= 4 is 22.6 Å². The fourth-order valence-electron chi connectivity index (χ4n) is 2.85. The van der Waals surface area contributed by atoms with Crippen LogP contribution in [0.25, 0.3) is 16.8 Å². The summed E-state index contributed by atoms with van der Waals surface area (Å²) in [7, 11) is 0. The van der Waals surface area contributed by atoms with E-state index in [0.29, 0.717) is 10.6 Å². The third-order valence-electron chi connectivity index (χ3n) is 4.29. The third-order valence-corrected chi connectivity index (χ3v) is 5.17. The van der Waals surface area contributed by atoms with Gasteiger partial charge in [-0.25, -0.2) is 4.98 Å². The normalized spacial score (nSPS) is 12.7. The maximum atomic E-state index is 9.56. The molecule has 0 unspecified atom stereocenters. The van der Waals surface area contributed by atoms with E-state index in [2.05, 4.69) is 29.4 Å². The fraction of sp³-hybridized carbons (Fsp3) is 0.143. The summed E-state index contributed by atoms with van der Waals surface area (Å²) >= 11 is 1.44. The summed E-state index contributed by atoms with van der Waals surface area (Å²) < 4.78 is 10.8. The molecule has 0 aliphatic carbocycles. The van der Waals surface area contributed by atoms with Crippen LogP contribution in [0.5, 0.6) is 11.5 Å². The fourth-order valence-corrected chi connectivity index (χ4v) is 3.64. The number of benzene rings is 2. The predicted molar refractivity (Wildman–Crippen MR) is 107 cm³/mol. The summed E-state index contributed by atoms with van der Waals surface area (Å²) in [6.07, 6.45) is 2.64. The van der Waals surface area contributed by atoms with E-state index in [1.54, 1.807) is 6.20 Å². The summed E-state index contributed by atoms with van der Waals surface area (Å²) in [6, 6.07) is 16.0. The van der Waals surface area contributed by atoms with Crippen LogP contribution in [0.15, 0.2) is 54.0 Å². The third kappa shape index (κ3) is 3.50. The van der Waals surface area contributed by atoms with Crippen molar-refractivity contribution in [3.8, 4) is 28.8 Å². The molecule has 0 saturated carbocycles. The zero-order valence-corrected chi connectivity index (χ0v) is 15.5. The lowest BCUT2D eigenvalue weighted by molar-refractivity contribution is 0.174. The maximum Gasteiger partial charge on any atom is 0.231 e. The smallest absolute Gasteiger partial charge is 0.231 e. The van der Waals surface area contributed by atoms with Crippen LogP contribution in [0.1, 0.15) is 17.5 Å². The topological polar surface area (TPSA) is 67.2 Å². The van der Waals surface area contributed by atoms with Crippen LogP contribution in [0.2, 0.25) is 0 Å². The molecule has 0 atom stereocenters. The minimum Gasteiger partial charge on any atom is -0.454 e. The molecular formula is C21H17N3O2S. The molecule has 0 spiro atoms. The number of aromatic nitrogens is 1. The molecule has 1 N–H and O–H groups in total. The van der Waals surface area contributed by atoms with Crippen molar-refractivity contribution in [1.29, 1.82) is 5.26 Å². The molecule has 2 heterocycles. The summed E-state index contributed by atoms with van der Waals surface area (Å²) in [6.45, 7) is 2.35. The molecule has 0 radical (unpaired) electrons. The number of rotatable bonds is 5. The molecule has 4 rings (SSSR count). The molecular weight excluding hydrogens is 358 g/mol. The van der Waals surface area contributed by atoms with Gasteiger partial charge in [-0.1, -0.05) is 25.1 Å². The first-order valence-electron chi connectivity index (χ1n) is 8.59. The number of nitrogens with zero attached hydrogens (tertiary/aromatic N) is 2. The van der Waals surface area contributed by atoms with Crippen molar-refractivity contribution in [2.24, 2.45) is 0 Å². The molecule has 1 aliphatic heterocycles. The zero-order valence-electron chi connectivity index (χ0n) is 14.7. The average molecular weight is 375 g/mol. The van der Waals surface area contributed by atoms with Crippen LogP contribution in [0.4, 0.5) is 5.69 Å². The van der Waals surface area contributed by atoms with Crippen molar-refractivity contribution in [1.82, 2.24) is 4.98 Å². The highest BCUT2D eigenvalue weighted by molar-refractivity contribution is 7.11. The van der Waals surface area contributed by atoms with Crippen LogP contribution in [0, 0.1) is 11.3 Å². The van der Waals surface area contributed by atoms with Crippen molar-refractivity contribution in [3.63, 3.8) is 0 Å². The molecule has 0 amide bonds. The van der Waals surface area contributed by atoms with Gasteiger partial charge in [-0.2, -0.15) is 5.26 Å². The number of aryl methyl sites for hydroxylation is 1.